The fourth-order valence-electron chi connectivity index (χ4n) is 2.27. The first-order valence-electron chi connectivity index (χ1n) is 6.65. The van der Waals surface area contributed by atoms with E-state index < -0.39 is 0 Å². The van der Waals surface area contributed by atoms with Crippen LogP contribution in [0.3, 0.4) is 0 Å². The lowest BCUT2D eigenvalue weighted by Crippen LogP contribution is -2.39. The second-order valence-electron chi connectivity index (χ2n) is 5.05. The van der Waals surface area contributed by atoms with E-state index in [1.54, 1.807) is 0 Å². The smallest absolute Gasteiger partial charge is 0.0499 e. The van der Waals surface area contributed by atoms with Crippen molar-refractivity contribution < 1.29 is 5.11 Å². The van der Waals surface area contributed by atoms with Crippen molar-refractivity contribution in [3.63, 3.8) is 0 Å². The highest BCUT2D eigenvalue weighted by Gasteiger charge is 2.25. The highest BCUT2D eigenvalue weighted by molar-refractivity contribution is 7.99. The molecule has 1 rings (SSSR count). The predicted molar refractivity (Wildman–Crippen MR) is 73.0 cm³/mol. The summed E-state index contributed by atoms with van der Waals surface area (Å²) in [6.07, 6.45) is 4.85. The maximum atomic E-state index is 9.47. The molecule has 96 valence electrons. The number of rotatable bonds is 7. The molecule has 1 aliphatic rings. The highest BCUT2D eigenvalue weighted by Crippen LogP contribution is 2.25. The van der Waals surface area contributed by atoms with Crippen molar-refractivity contribution >= 4 is 11.8 Å². The lowest BCUT2D eigenvalue weighted by Gasteiger charge is -2.31. The lowest BCUT2D eigenvalue weighted by molar-refractivity contribution is 0.112. The van der Waals surface area contributed by atoms with Gasteiger partial charge in [-0.25, -0.2) is 0 Å². The number of aliphatic hydroxyl groups is 1. The van der Waals surface area contributed by atoms with E-state index in [-0.39, 0.29) is 5.41 Å². The van der Waals surface area contributed by atoms with Gasteiger partial charge < -0.3 is 10.4 Å². The van der Waals surface area contributed by atoms with Crippen molar-refractivity contribution in [3.8, 4) is 0 Å². The molecule has 0 amide bonds. The van der Waals surface area contributed by atoms with Gasteiger partial charge in [-0.2, -0.15) is 11.8 Å². The van der Waals surface area contributed by atoms with Crippen molar-refractivity contribution in [3.05, 3.63) is 0 Å². The van der Waals surface area contributed by atoms with Gasteiger partial charge in [0, 0.05) is 18.6 Å². The van der Waals surface area contributed by atoms with Crippen LogP contribution in [0.15, 0.2) is 0 Å². The standard InChI is InChI=1S/C13H27NOS/c1-3-13(4-2,11-15)10-14-9-12-5-7-16-8-6-12/h12,14-15H,3-11H2,1-2H3. The first-order valence-corrected chi connectivity index (χ1v) is 7.81. The summed E-state index contributed by atoms with van der Waals surface area (Å²) in [6.45, 7) is 6.78. The van der Waals surface area contributed by atoms with Gasteiger partial charge in [0.1, 0.15) is 0 Å². The van der Waals surface area contributed by atoms with Gasteiger partial charge in [0.05, 0.1) is 0 Å². The molecule has 0 aliphatic carbocycles. The van der Waals surface area contributed by atoms with Gasteiger partial charge in [-0.15, -0.1) is 0 Å². The molecule has 0 aromatic carbocycles. The summed E-state index contributed by atoms with van der Waals surface area (Å²) in [6, 6.07) is 0. The first kappa shape index (κ1) is 14.3. The third kappa shape index (κ3) is 4.27. The van der Waals surface area contributed by atoms with Crippen molar-refractivity contribution in [2.24, 2.45) is 11.3 Å². The third-order valence-corrected chi connectivity index (χ3v) is 5.16. The Kier molecular flexibility index (Phi) is 6.78. The maximum absolute atomic E-state index is 9.47. The molecular formula is C13H27NOS. The van der Waals surface area contributed by atoms with Crippen LogP contribution in [-0.2, 0) is 0 Å². The van der Waals surface area contributed by atoms with Gasteiger partial charge in [0.25, 0.3) is 0 Å². The normalized spacial score (nSPS) is 18.9. The predicted octanol–water partition coefficient (Wildman–Crippen LogP) is 2.52. The Hall–Kier alpha value is 0.270. The largest absolute Gasteiger partial charge is 0.396 e. The summed E-state index contributed by atoms with van der Waals surface area (Å²) in [5.74, 6) is 3.53. The van der Waals surface area contributed by atoms with Crippen molar-refractivity contribution in [1.82, 2.24) is 5.32 Å². The Morgan fingerprint density at radius 3 is 2.38 bits per heavy atom. The zero-order valence-corrected chi connectivity index (χ0v) is 11.6. The highest BCUT2D eigenvalue weighted by atomic mass is 32.2. The van der Waals surface area contributed by atoms with Crippen LogP contribution in [0.5, 0.6) is 0 Å². The zero-order chi connectivity index (χ0) is 11.9. The molecule has 0 aromatic rings. The fraction of sp³-hybridized carbons (Fsp3) is 1.00. The molecule has 0 aromatic heterocycles. The van der Waals surface area contributed by atoms with Crippen LogP contribution >= 0.6 is 11.8 Å². The van der Waals surface area contributed by atoms with Gasteiger partial charge in [0.15, 0.2) is 0 Å². The minimum Gasteiger partial charge on any atom is -0.396 e. The van der Waals surface area contributed by atoms with Gasteiger partial charge in [-0.05, 0) is 49.7 Å². The average Bonchev–Trinajstić information content (AvgIpc) is 2.37. The Morgan fingerprint density at radius 2 is 1.88 bits per heavy atom. The maximum Gasteiger partial charge on any atom is 0.0499 e. The van der Waals surface area contributed by atoms with Gasteiger partial charge in [0.2, 0.25) is 0 Å². The van der Waals surface area contributed by atoms with E-state index in [0.717, 1.165) is 31.8 Å². The van der Waals surface area contributed by atoms with E-state index in [9.17, 15) is 5.11 Å². The summed E-state index contributed by atoms with van der Waals surface area (Å²) in [7, 11) is 0. The SMILES string of the molecule is CCC(CC)(CO)CNCC1CCSCC1. The molecule has 0 radical (unpaired) electrons. The van der Waals surface area contributed by atoms with Crippen LogP contribution in [0.25, 0.3) is 0 Å². The summed E-state index contributed by atoms with van der Waals surface area (Å²) >= 11 is 2.08. The number of thioether (sulfide) groups is 1. The lowest BCUT2D eigenvalue weighted by atomic mass is 9.83. The number of hydrogen-bond donors (Lipinski definition) is 2. The molecule has 1 fully saturated rings. The molecule has 0 saturated carbocycles. The molecule has 3 heteroatoms. The second kappa shape index (κ2) is 7.57. The van der Waals surface area contributed by atoms with E-state index >= 15 is 0 Å². The molecule has 2 N–H and O–H groups in total. The molecule has 16 heavy (non-hydrogen) atoms. The third-order valence-electron chi connectivity index (χ3n) is 4.11. The molecule has 0 spiro atoms. The molecule has 1 aliphatic heterocycles. The van der Waals surface area contributed by atoms with E-state index in [4.69, 9.17) is 0 Å². The van der Waals surface area contributed by atoms with Crippen LogP contribution in [0.2, 0.25) is 0 Å². The summed E-state index contributed by atoms with van der Waals surface area (Å²) in [5, 5.41) is 13.0. The first-order chi connectivity index (χ1) is 7.76. The molecule has 0 bridgehead atoms. The van der Waals surface area contributed by atoms with Crippen molar-refractivity contribution in [2.75, 3.05) is 31.2 Å². The van der Waals surface area contributed by atoms with Gasteiger partial charge in [-0.1, -0.05) is 13.8 Å². The van der Waals surface area contributed by atoms with E-state index in [1.807, 2.05) is 0 Å². The van der Waals surface area contributed by atoms with Crippen LogP contribution in [0.1, 0.15) is 39.5 Å². The molecule has 0 atom stereocenters. The second-order valence-corrected chi connectivity index (χ2v) is 6.28. The topological polar surface area (TPSA) is 32.3 Å². The zero-order valence-electron chi connectivity index (χ0n) is 10.8. The number of aliphatic hydroxyl groups excluding tert-OH is 1. The van der Waals surface area contributed by atoms with E-state index in [2.05, 4.69) is 30.9 Å². The summed E-state index contributed by atoms with van der Waals surface area (Å²) < 4.78 is 0. The van der Waals surface area contributed by atoms with Gasteiger partial charge >= 0.3 is 0 Å². The Labute approximate surface area is 105 Å². The van der Waals surface area contributed by atoms with Crippen LogP contribution in [-0.4, -0.2) is 36.3 Å². The van der Waals surface area contributed by atoms with Crippen LogP contribution < -0.4 is 5.32 Å². The molecular weight excluding hydrogens is 218 g/mol. The monoisotopic (exact) mass is 245 g/mol. The van der Waals surface area contributed by atoms with Gasteiger partial charge in [-0.3, -0.25) is 0 Å². The van der Waals surface area contributed by atoms with Crippen LogP contribution in [0.4, 0.5) is 0 Å². The molecule has 2 nitrogen and oxygen atoms in total. The summed E-state index contributed by atoms with van der Waals surface area (Å²) in [5.41, 5.74) is 0.115. The fourth-order valence-corrected chi connectivity index (χ4v) is 3.48. The molecule has 1 saturated heterocycles. The van der Waals surface area contributed by atoms with Crippen molar-refractivity contribution in [2.45, 2.75) is 39.5 Å². The Bertz CT molecular complexity index is 169. The average molecular weight is 245 g/mol. The minimum atomic E-state index is 0.115. The molecule has 0 unspecified atom stereocenters. The van der Waals surface area contributed by atoms with Crippen LogP contribution in [0, 0.1) is 11.3 Å². The van der Waals surface area contributed by atoms with E-state index in [1.165, 1.54) is 24.3 Å². The van der Waals surface area contributed by atoms with Crippen molar-refractivity contribution in [1.29, 1.82) is 0 Å². The summed E-state index contributed by atoms with van der Waals surface area (Å²) in [4.78, 5) is 0. The number of hydrogen-bond acceptors (Lipinski definition) is 3. The Balaban J connectivity index is 2.21. The minimum absolute atomic E-state index is 0.115. The number of nitrogens with one attached hydrogen (secondary N) is 1. The van der Waals surface area contributed by atoms with E-state index in [0.29, 0.717) is 6.61 Å². The molecule has 1 heterocycles. The quantitative estimate of drug-likeness (QED) is 0.723. The Morgan fingerprint density at radius 1 is 1.25 bits per heavy atom.